The quantitative estimate of drug-likeness (QED) is 0.725. The van der Waals surface area contributed by atoms with Crippen LogP contribution in [0.1, 0.15) is 27.1 Å². The number of ether oxygens (including phenoxy) is 1. The standard InChI is InChI=1S/C22H24N4O4/c1-30-20-6-3-2-5-17(20)21(27)24-19-8-7-16(15-18(19)22(28)29)26-13-11-25(12-14-26)10-4-9-23/h2-3,5-8,15H,4,10-14H2,1H3,(H,24,27)(H,28,29). The molecule has 1 heterocycles. The van der Waals surface area contributed by atoms with Crippen molar-refractivity contribution in [2.75, 3.05) is 50.1 Å². The van der Waals surface area contributed by atoms with Gasteiger partial charge in [-0.1, -0.05) is 12.1 Å². The molecule has 1 saturated heterocycles. The lowest BCUT2D eigenvalue weighted by atomic mass is 10.1. The molecule has 0 bridgehead atoms. The summed E-state index contributed by atoms with van der Waals surface area (Å²) in [4.78, 5) is 28.8. The predicted molar refractivity (Wildman–Crippen MR) is 113 cm³/mol. The molecule has 0 aromatic heterocycles. The Labute approximate surface area is 175 Å². The Bertz CT molecular complexity index is 962. The van der Waals surface area contributed by atoms with Gasteiger partial charge in [0.2, 0.25) is 0 Å². The van der Waals surface area contributed by atoms with Gasteiger partial charge < -0.3 is 20.1 Å². The van der Waals surface area contributed by atoms with Crippen molar-refractivity contribution in [1.82, 2.24) is 4.90 Å². The number of hydrogen-bond acceptors (Lipinski definition) is 6. The topological polar surface area (TPSA) is 106 Å². The molecule has 1 amide bonds. The monoisotopic (exact) mass is 408 g/mol. The summed E-state index contributed by atoms with van der Waals surface area (Å²) in [5.74, 6) is -1.13. The molecule has 8 heteroatoms. The van der Waals surface area contributed by atoms with Crippen LogP contribution in [-0.2, 0) is 0 Å². The van der Waals surface area contributed by atoms with E-state index in [1.165, 1.54) is 7.11 Å². The summed E-state index contributed by atoms with van der Waals surface area (Å²) in [6.07, 6.45) is 0.504. The van der Waals surface area contributed by atoms with Crippen LogP contribution in [0.15, 0.2) is 42.5 Å². The van der Waals surface area contributed by atoms with Crippen molar-refractivity contribution in [3.8, 4) is 11.8 Å². The van der Waals surface area contributed by atoms with Crippen LogP contribution < -0.4 is 15.0 Å². The van der Waals surface area contributed by atoms with Crippen LogP contribution in [0.3, 0.4) is 0 Å². The van der Waals surface area contributed by atoms with Gasteiger partial charge in [0.05, 0.1) is 30.0 Å². The zero-order valence-corrected chi connectivity index (χ0v) is 16.8. The van der Waals surface area contributed by atoms with E-state index in [-0.39, 0.29) is 11.3 Å². The fourth-order valence-corrected chi connectivity index (χ4v) is 3.47. The third-order valence-electron chi connectivity index (χ3n) is 5.11. The number of piperazine rings is 1. The molecule has 2 N–H and O–H groups in total. The number of hydrogen-bond donors (Lipinski definition) is 2. The number of benzene rings is 2. The molecular weight excluding hydrogens is 384 g/mol. The van der Waals surface area contributed by atoms with E-state index in [1.807, 2.05) is 6.07 Å². The Kier molecular flexibility index (Phi) is 6.88. The number of amides is 1. The van der Waals surface area contributed by atoms with E-state index < -0.39 is 11.9 Å². The number of nitrogens with zero attached hydrogens (tertiary/aromatic N) is 3. The van der Waals surface area contributed by atoms with Gasteiger partial charge in [-0.15, -0.1) is 0 Å². The van der Waals surface area contributed by atoms with Crippen LogP contribution >= 0.6 is 0 Å². The number of para-hydroxylation sites is 1. The number of anilines is 2. The normalized spacial score (nSPS) is 14.1. The van der Waals surface area contributed by atoms with Crippen molar-refractivity contribution in [1.29, 1.82) is 5.26 Å². The first-order chi connectivity index (χ1) is 14.5. The zero-order chi connectivity index (χ0) is 21.5. The van der Waals surface area contributed by atoms with E-state index >= 15 is 0 Å². The lowest BCUT2D eigenvalue weighted by Gasteiger charge is -2.36. The van der Waals surface area contributed by atoms with Crippen molar-refractivity contribution in [2.45, 2.75) is 6.42 Å². The summed E-state index contributed by atoms with van der Waals surface area (Å²) in [5.41, 5.74) is 1.38. The average molecular weight is 408 g/mol. The minimum atomic E-state index is -1.11. The van der Waals surface area contributed by atoms with Gasteiger partial charge in [-0.25, -0.2) is 4.79 Å². The summed E-state index contributed by atoms with van der Waals surface area (Å²) < 4.78 is 5.21. The van der Waals surface area contributed by atoms with E-state index in [1.54, 1.807) is 36.4 Å². The maximum Gasteiger partial charge on any atom is 0.337 e. The Balaban J connectivity index is 1.75. The van der Waals surface area contributed by atoms with Gasteiger partial charge in [0.25, 0.3) is 5.91 Å². The molecule has 0 unspecified atom stereocenters. The maximum atomic E-state index is 12.7. The molecule has 1 aliphatic heterocycles. The maximum absolute atomic E-state index is 12.7. The molecule has 0 saturated carbocycles. The van der Waals surface area contributed by atoms with Crippen LogP contribution in [0.25, 0.3) is 0 Å². The van der Waals surface area contributed by atoms with Gasteiger partial charge in [-0.3, -0.25) is 9.69 Å². The van der Waals surface area contributed by atoms with Gasteiger partial charge in [0.15, 0.2) is 0 Å². The van der Waals surface area contributed by atoms with E-state index in [2.05, 4.69) is 21.2 Å². The molecule has 156 valence electrons. The SMILES string of the molecule is COc1ccccc1C(=O)Nc1ccc(N2CCN(CCC#N)CC2)cc1C(=O)O. The molecule has 0 atom stereocenters. The van der Waals surface area contributed by atoms with Gasteiger partial charge in [-0.05, 0) is 30.3 Å². The first-order valence-corrected chi connectivity index (χ1v) is 9.69. The van der Waals surface area contributed by atoms with Crippen LogP contribution in [0.4, 0.5) is 11.4 Å². The summed E-state index contributed by atoms with van der Waals surface area (Å²) in [7, 11) is 1.48. The van der Waals surface area contributed by atoms with Crippen molar-refractivity contribution in [3.63, 3.8) is 0 Å². The lowest BCUT2D eigenvalue weighted by molar-refractivity contribution is 0.0698. The number of carbonyl (C=O) groups is 2. The molecule has 0 spiro atoms. The van der Waals surface area contributed by atoms with Gasteiger partial charge >= 0.3 is 5.97 Å². The summed E-state index contributed by atoms with van der Waals surface area (Å²) in [5, 5.41) is 21.1. The summed E-state index contributed by atoms with van der Waals surface area (Å²) in [6, 6.07) is 13.9. The number of rotatable bonds is 7. The van der Waals surface area contributed by atoms with Crippen LogP contribution in [0.2, 0.25) is 0 Å². The third kappa shape index (κ3) is 4.88. The molecule has 2 aromatic carbocycles. The van der Waals surface area contributed by atoms with E-state index in [0.717, 1.165) is 38.4 Å². The number of carboxylic acids is 1. The molecule has 0 radical (unpaired) electrons. The average Bonchev–Trinajstić information content (AvgIpc) is 2.78. The molecule has 1 aliphatic rings. The zero-order valence-electron chi connectivity index (χ0n) is 16.8. The molecule has 1 fully saturated rings. The fraction of sp³-hybridized carbons (Fsp3) is 0.318. The highest BCUT2D eigenvalue weighted by Gasteiger charge is 2.21. The van der Waals surface area contributed by atoms with Gasteiger partial charge in [0.1, 0.15) is 5.75 Å². The van der Waals surface area contributed by atoms with Crippen molar-refractivity contribution in [3.05, 3.63) is 53.6 Å². The Morgan fingerprint density at radius 1 is 1.13 bits per heavy atom. The highest BCUT2D eigenvalue weighted by molar-refractivity contribution is 6.09. The van der Waals surface area contributed by atoms with Gasteiger partial charge in [0, 0.05) is 44.8 Å². The summed E-state index contributed by atoms with van der Waals surface area (Å²) >= 11 is 0. The van der Waals surface area contributed by atoms with Crippen molar-refractivity contribution in [2.24, 2.45) is 0 Å². The molecule has 0 aliphatic carbocycles. The van der Waals surface area contributed by atoms with Crippen molar-refractivity contribution >= 4 is 23.3 Å². The smallest absolute Gasteiger partial charge is 0.337 e. The number of nitriles is 1. The van der Waals surface area contributed by atoms with E-state index in [0.29, 0.717) is 17.7 Å². The fourth-order valence-electron chi connectivity index (χ4n) is 3.47. The van der Waals surface area contributed by atoms with Crippen LogP contribution in [0.5, 0.6) is 5.75 Å². The third-order valence-corrected chi connectivity index (χ3v) is 5.11. The molecule has 30 heavy (non-hydrogen) atoms. The minimum Gasteiger partial charge on any atom is -0.496 e. The molecule has 2 aromatic rings. The second-order valence-corrected chi connectivity index (χ2v) is 6.93. The highest BCUT2D eigenvalue weighted by Crippen LogP contribution is 2.26. The summed E-state index contributed by atoms with van der Waals surface area (Å²) in [6.45, 7) is 3.88. The van der Waals surface area contributed by atoms with Crippen LogP contribution in [-0.4, -0.2) is 61.7 Å². The number of methoxy groups -OCH3 is 1. The number of carboxylic acid groups (broad SMARTS) is 1. The predicted octanol–water partition coefficient (Wildman–Crippen LogP) is 2.68. The largest absolute Gasteiger partial charge is 0.496 e. The van der Waals surface area contributed by atoms with Crippen LogP contribution in [0, 0.1) is 11.3 Å². The van der Waals surface area contributed by atoms with Crippen molar-refractivity contribution < 1.29 is 19.4 Å². The Morgan fingerprint density at radius 2 is 1.87 bits per heavy atom. The Morgan fingerprint density at radius 3 is 2.53 bits per heavy atom. The van der Waals surface area contributed by atoms with E-state index in [4.69, 9.17) is 10.00 Å². The first kappa shape index (κ1) is 21.1. The lowest BCUT2D eigenvalue weighted by Crippen LogP contribution is -2.46. The van der Waals surface area contributed by atoms with E-state index in [9.17, 15) is 14.7 Å². The second kappa shape index (κ2) is 9.76. The molecule has 3 rings (SSSR count). The number of nitrogens with one attached hydrogen (secondary N) is 1. The minimum absolute atomic E-state index is 0.0302. The number of aromatic carboxylic acids is 1. The highest BCUT2D eigenvalue weighted by atomic mass is 16.5. The molecule has 8 nitrogen and oxygen atoms in total. The first-order valence-electron chi connectivity index (χ1n) is 9.69. The molecular formula is C22H24N4O4. The second-order valence-electron chi connectivity index (χ2n) is 6.93. The Hall–Kier alpha value is -3.57. The number of carbonyl (C=O) groups excluding carboxylic acids is 1. The van der Waals surface area contributed by atoms with Gasteiger partial charge in [-0.2, -0.15) is 5.26 Å².